The van der Waals surface area contributed by atoms with E-state index in [2.05, 4.69) is 5.18 Å². The van der Waals surface area contributed by atoms with Gasteiger partial charge in [0.15, 0.2) is 0 Å². The van der Waals surface area contributed by atoms with E-state index in [4.69, 9.17) is 4.98 Å². The molecule has 0 radical (unpaired) electrons. The minimum atomic E-state index is 0.162. The molecule has 0 aliphatic carbocycles. The van der Waals surface area contributed by atoms with Crippen molar-refractivity contribution in [2.45, 2.75) is 0 Å². The zero-order chi connectivity index (χ0) is 16.5. The van der Waals surface area contributed by atoms with Gasteiger partial charge in [0.25, 0.3) is 0 Å². The van der Waals surface area contributed by atoms with Gasteiger partial charge in [0, 0.05) is 17.3 Å². The Morgan fingerprint density at radius 1 is 0.875 bits per heavy atom. The van der Waals surface area contributed by atoms with Crippen LogP contribution in [-0.2, 0) is 0 Å². The van der Waals surface area contributed by atoms with Crippen LogP contribution in [0.5, 0.6) is 5.75 Å². The number of aromatic hydroxyl groups is 1. The Morgan fingerprint density at radius 3 is 2.38 bits per heavy atom. The Bertz CT molecular complexity index is 1050. The van der Waals surface area contributed by atoms with Crippen molar-refractivity contribution in [1.82, 2.24) is 9.38 Å². The predicted molar refractivity (Wildman–Crippen MR) is 93.2 cm³/mol. The lowest BCUT2D eigenvalue weighted by Crippen LogP contribution is -1.88. The monoisotopic (exact) mass is 315 g/mol. The van der Waals surface area contributed by atoms with Crippen LogP contribution < -0.4 is 0 Å². The Labute approximate surface area is 137 Å². The first kappa shape index (κ1) is 14.1. The SMILES string of the molecule is O=Nc1ccccc1-c1nc(-c2ccccc2O)c2ccccn12. The van der Waals surface area contributed by atoms with Crippen LogP contribution in [0.2, 0.25) is 0 Å². The van der Waals surface area contributed by atoms with Gasteiger partial charge in [-0.15, -0.1) is 4.91 Å². The minimum absolute atomic E-state index is 0.162. The Morgan fingerprint density at radius 2 is 1.58 bits per heavy atom. The standard InChI is InChI=1S/C19H13N3O2/c23-17-11-4-2-8-14(17)18-16-10-5-6-12-22(16)19(20-18)13-7-1-3-9-15(13)21-24/h1-12,23H. The third kappa shape index (κ3) is 2.14. The first-order valence-electron chi connectivity index (χ1n) is 7.48. The van der Waals surface area contributed by atoms with Crippen LogP contribution in [0.1, 0.15) is 0 Å². The number of imidazole rings is 1. The molecule has 0 aliphatic heterocycles. The normalized spacial score (nSPS) is 10.8. The second-order valence-electron chi connectivity index (χ2n) is 5.37. The molecule has 4 rings (SSSR count). The maximum Gasteiger partial charge on any atom is 0.147 e. The first-order chi connectivity index (χ1) is 11.8. The maximum absolute atomic E-state index is 11.1. The summed E-state index contributed by atoms with van der Waals surface area (Å²) in [4.78, 5) is 15.8. The number of phenols is 1. The predicted octanol–water partition coefficient (Wildman–Crippen LogP) is 4.77. The van der Waals surface area contributed by atoms with Crippen LogP contribution in [0.4, 0.5) is 5.69 Å². The Kier molecular flexibility index (Phi) is 3.31. The molecule has 0 atom stereocenters. The molecule has 1 N–H and O–H groups in total. The van der Waals surface area contributed by atoms with Gasteiger partial charge in [-0.05, 0) is 41.6 Å². The number of phenolic OH excluding ortho intramolecular Hbond substituents is 1. The van der Waals surface area contributed by atoms with Crippen LogP contribution in [0.3, 0.4) is 0 Å². The number of aromatic nitrogens is 2. The van der Waals surface area contributed by atoms with Crippen LogP contribution in [-0.4, -0.2) is 14.5 Å². The molecule has 2 aromatic heterocycles. The van der Waals surface area contributed by atoms with E-state index in [0.29, 0.717) is 28.3 Å². The van der Waals surface area contributed by atoms with Gasteiger partial charge in [-0.25, -0.2) is 4.98 Å². The van der Waals surface area contributed by atoms with E-state index in [9.17, 15) is 10.0 Å². The molecule has 2 heterocycles. The second kappa shape index (κ2) is 5.62. The third-order valence-electron chi connectivity index (χ3n) is 3.95. The molecule has 4 aromatic rings. The number of rotatable bonds is 3. The topological polar surface area (TPSA) is 67.0 Å². The molecule has 5 heteroatoms. The summed E-state index contributed by atoms with van der Waals surface area (Å²) in [6.45, 7) is 0. The summed E-state index contributed by atoms with van der Waals surface area (Å²) >= 11 is 0. The average molecular weight is 315 g/mol. The first-order valence-corrected chi connectivity index (χ1v) is 7.48. The van der Waals surface area contributed by atoms with Crippen molar-refractivity contribution in [3.8, 4) is 28.4 Å². The van der Waals surface area contributed by atoms with Gasteiger partial charge in [-0.1, -0.05) is 30.3 Å². The molecule has 0 saturated carbocycles. The highest BCUT2D eigenvalue weighted by Gasteiger charge is 2.18. The number of pyridine rings is 1. The number of nitroso groups, excluding NO2 is 1. The zero-order valence-corrected chi connectivity index (χ0v) is 12.6. The molecule has 0 bridgehead atoms. The molecule has 2 aromatic carbocycles. The highest BCUT2D eigenvalue weighted by molar-refractivity contribution is 5.85. The van der Waals surface area contributed by atoms with Crippen LogP contribution in [0.15, 0.2) is 78.1 Å². The minimum Gasteiger partial charge on any atom is -0.507 e. The average Bonchev–Trinajstić information content (AvgIpc) is 3.01. The smallest absolute Gasteiger partial charge is 0.147 e. The molecule has 24 heavy (non-hydrogen) atoms. The van der Waals surface area contributed by atoms with E-state index < -0.39 is 0 Å². The molecule has 116 valence electrons. The van der Waals surface area contributed by atoms with Crippen molar-refractivity contribution < 1.29 is 5.11 Å². The van der Waals surface area contributed by atoms with Crippen molar-refractivity contribution in [1.29, 1.82) is 0 Å². The van der Waals surface area contributed by atoms with Crippen LogP contribution in [0.25, 0.3) is 28.2 Å². The number of hydrogen-bond acceptors (Lipinski definition) is 4. The summed E-state index contributed by atoms with van der Waals surface area (Å²) in [5, 5.41) is 13.3. The fourth-order valence-electron chi connectivity index (χ4n) is 2.84. The van der Waals surface area contributed by atoms with Crippen LogP contribution >= 0.6 is 0 Å². The van der Waals surface area contributed by atoms with Crippen molar-refractivity contribution >= 4 is 11.2 Å². The number of benzene rings is 2. The van der Waals surface area contributed by atoms with Gasteiger partial charge in [0.05, 0.1) is 5.52 Å². The molecule has 0 saturated heterocycles. The van der Waals surface area contributed by atoms with Crippen molar-refractivity contribution in [2.24, 2.45) is 5.18 Å². The highest BCUT2D eigenvalue weighted by Crippen LogP contribution is 2.36. The summed E-state index contributed by atoms with van der Waals surface area (Å²) < 4.78 is 1.89. The Hall–Kier alpha value is -3.47. The molecular weight excluding hydrogens is 302 g/mol. The van der Waals surface area contributed by atoms with Gasteiger partial charge in [0.2, 0.25) is 0 Å². The molecule has 0 unspecified atom stereocenters. The summed E-state index contributed by atoms with van der Waals surface area (Å²) in [6.07, 6.45) is 1.88. The number of nitrogens with zero attached hydrogens (tertiary/aromatic N) is 3. The lowest BCUT2D eigenvalue weighted by molar-refractivity contribution is 0.477. The van der Waals surface area contributed by atoms with Gasteiger partial charge >= 0.3 is 0 Å². The maximum atomic E-state index is 11.1. The van der Waals surface area contributed by atoms with E-state index in [0.717, 1.165) is 5.52 Å². The van der Waals surface area contributed by atoms with Crippen molar-refractivity contribution in [3.05, 3.63) is 77.8 Å². The molecular formula is C19H13N3O2. The van der Waals surface area contributed by atoms with Crippen molar-refractivity contribution in [2.75, 3.05) is 0 Å². The van der Waals surface area contributed by atoms with Gasteiger partial charge in [0.1, 0.15) is 23.0 Å². The molecule has 0 amide bonds. The highest BCUT2D eigenvalue weighted by atomic mass is 16.3. The molecule has 5 nitrogen and oxygen atoms in total. The third-order valence-corrected chi connectivity index (χ3v) is 3.95. The number of para-hydroxylation sites is 1. The van der Waals surface area contributed by atoms with E-state index in [1.54, 1.807) is 24.3 Å². The molecule has 0 spiro atoms. The van der Waals surface area contributed by atoms with E-state index in [-0.39, 0.29) is 5.75 Å². The van der Waals surface area contributed by atoms with Crippen molar-refractivity contribution in [3.63, 3.8) is 0 Å². The van der Waals surface area contributed by atoms with E-state index >= 15 is 0 Å². The lowest BCUT2D eigenvalue weighted by atomic mass is 10.1. The molecule has 0 aliphatic rings. The quantitative estimate of drug-likeness (QED) is 0.554. The summed E-state index contributed by atoms with van der Waals surface area (Å²) in [5.41, 5.74) is 3.12. The summed E-state index contributed by atoms with van der Waals surface area (Å²) in [5.74, 6) is 0.772. The zero-order valence-electron chi connectivity index (χ0n) is 12.6. The fourth-order valence-corrected chi connectivity index (χ4v) is 2.84. The summed E-state index contributed by atoms with van der Waals surface area (Å²) in [6, 6.07) is 19.9. The second-order valence-corrected chi connectivity index (χ2v) is 5.37. The van der Waals surface area contributed by atoms with Gasteiger partial charge in [-0.3, -0.25) is 4.40 Å². The van der Waals surface area contributed by atoms with Gasteiger partial charge in [-0.2, -0.15) is 0 Å². The summed E-state index contributed by atoms with van der Waals surface area (Å²) in [7, 11) is 0. The number of fused-ring (bicyclic) bond motifs is 1. The largest absolute Gasteiger partial charge is 0.507 e. The Balaban J connectivity index is 2.06. The van der Waals surface area contributed by atoms with E-state index in [1.807, 2.05) is 53.1 Å². The van der Waals surface area contributed by atoms with Gasteiger partial charge < -0.3 is 5.11 Å². The molecule has 0 fully saturated rings. The van der Waals surface area contributed by atoms with Crippen LogP contribution in [0, 0.1) is 4.91 Å². The lowest BCUT2D eigenvalue weighted by Gasteiger charge is -2.02. The fraction of sp³-hybridized carbons (Fsp3) is 0. The number of hydrogen-bond donors (Lipinski definition) is 1. The van der Waals surface area contributed by atoms with E-state index in [1.165, 1.54) is 0 Å².